The molecule has 0 aliphatic carbocycles. The average molecular weight is 317 g/mol. The van der Waals surface area contributed by atoms with Crippen molar-refractivity contribution >= 4 is 29.1 Å². The lowest BCUT2D eigenvalue weighted by Crippen LogP contribution is -1.95. The van der Waals surface area contributed by atoms with E-state index in [9.17, 15) is 4.79 Å². The molecule has 1 aromatic carbocycles. The van der Waals surface area contributed by atoms with Crippen molar-refractivity contribution in [2.24, 2.45) is 0 Å². The number of aromatic carboxylic acids is 1. The van der Waals surface area contributed by atoms with Crippen LogP contribution in [0.2, 0.25) is 0 Å². The van der Waals surface area contributed by atoms with Gasteiger partial charge in [-0.1, -0.05) is 30.0 Å². The Morgan fingerprint density at radius 2 is 2.05 bits per heavy atom. The Hall–Kier alpha value is -2.12. The second-order valence-electron chi connectivity index (χ2n) is 4.25. The Balaban J connectivity index is 1.64. The number of hydrogen-bond donors (Lipinski definition) is 2. The van der Waals surface area contributed by atoms with Crippen LogP contribution in [-0.4, -0.2) is 26.3 Å². The lowest BCUT2D eigenvalue weighted by Gasteiger charge is -1.99. The summed E-state index contributed by atoms with van der Waals surface area (Å²) < 4.78 is 0. The van der Waals surface area contributed by atoms with Crippen LogP contribution in [0.4, 0.5) is 0 Å². The van der Waals surface area contributed by atoms with E-state index in [1.54, 1.807) is 23.5 Å². The Morgan fingerprint density at radius 1 is 1.24 bits per heavy atom. The van der Waals surface area contributed by atoms with E-state index in [-0.39, 0.29) is 0 Å². The van der Waals surface area contributed by atoms with Gasteiger partial charge in [0.15, 0.2) is 11.0 Å². The SMILES string of the molecule is O=C(O)c1ccc(CSc2nnc(-c3cccs3)[nH]2)cc1. The van der Waals surface area contributed by atoms with Gasteiger partial charge in [-0.15, -0.1) is 21.5 Å². The zero-order chi connectivity index (χ0) is 14.7. The van der Waals surface area contributed by atoms with Gasteiger partial charge >= 0.3 is 5.97 Å². The second kappa shape index (κ2) is 6.11. The predicted octanol–water partition coefficient (Wildman–Crippen LogP) is 3.52. The van der Waals surface area contributed by atoms with Crippen LogP contribution >= 0.6 is 23.1 Å². The minimum atomic E-state index is -0.912. The van der Waals surface area contributed by atoms with E-state index < -0.39 is 5.97 Å². The van der Waals surface area contributed by atoms with Crippen molar-refractivity contribution in [2.45, 2.75) is 10.9 Å². The molecule has 0 radical (unpaired) electrons. The summed E-state index contributed by atoms with van der Waals surface area (Å²) in [6, 6.07) is 10.8. The summed E-state index contributed by atoms with van der Waals surface area (Å²) in [7, 11) is 0. The van der Waals surface area contributed by atoms with E-state index in [0.29, 0.717) is 11.3 Å². The van der Waals surface area contributed by atoms with Crippen LogP contribution in [0.25, 0.3) is 10.7 Å². The number of nitrogens with one attached hydrogen (secondary N) is 1. The highest BCUT2D eigenvalue weighted by atomic mass is 32.2. The van der Waals surface area contributed by atoms with Crippen molar-refractivity contribution in [1.82, 2.24) is 15.2 Å². The first-order valence-corrected chi connectivity index (χ1v) is 8.00. The van der Waals surface area contributed by atoms with Crippen LogP contribution in [0.3, 0.4) is 0 Å². The minimum absolute atomic E-state index is 0.295. The number of carbonyl (C=O) groups is 1. The maximum absolute atomic E-state index is 10.8. The Labute approximate surface area is 129 Å². The van der Waals surface area contributed by atoms with E-state index in [0.717, 1.165) is 21.4 Å². The fourth-order valence-electron chi connectivity index (χ4n) is 1.73. The molecule has 106 valence electrons. The summed E-state index contributed by atoms with van der Waals surface area (Å²) in [6.07, 6.45) is 0. The molecule has 7 heteroatoms. The van der Waals surface area contributed by atoms with Crippen LogP contribution in [0.15, 0.2) is 46.9 Å². The third-order valence-corrected chi connectivity index (χ3v) is 4.61. The number of thioether (sulfide) groups is 1. The predicted molar refractivity (Wildman–Crippen MR) is 82.7 cm³/mol. The molecule has 3 rings (SSSR count). The molecule has 0 saturated carbocycles. The van der Waals surface area contributed by atoms with Gasteiger partial charge in [0, 0.05) is 5.75 Å². The van der Waals surface area contributed by atoms with Crippen molar-refractivity contribution in [3.63, 3.8) is 0 Å². The summed E-state index contributed by atoms with van der Waals surface area (Å²) in [5, 5.41) is 19.8. The molecule has 0 amide bonds. The molecular weight excluding hydrogens is 306 g/mol. The Bertz CT molecular complexity index is 736. The number of carboxylic acids is 1. The summed E-state index contributed by atoms with van der Waals surface area (Å²) >= 11 is 3.14. The number of benzene rings is 1. The van der Waals surface area contributed by atoms with Gasteiger partial charge in [0.25, 0.3) is 0 Å². The number of nitrogens with zero attached hydrogens (tertiary/aromatic N) is 2. The molecule has 5 nitrogen and oxygen atoms in total. The normalized spacial score (nSPS) is 10.7. The molecule has 0 atom stereocenters. The third kappa shape index (κ3) is 3.32. The van der Waals surface area contributed by atoms with Crippen molar-refractivity contribution in [2.75, 3.05) is 0 Å². The van der Waals surface area contributed by atoms with Gasteiger partial charge in [-0.3, -0.25) is 0 Å². The topological polar surface area (TPSA) is 78.9 Å². The molecule has 0 bridgehead atoms. The Kier molecular flexibility index (Phi) is 4.03. The molecule has 21 heavy (non-hydrogen) atoms. The standard InChI is InChI=1S/C14H11N3O2S2/c18-13(19)10-5-3-9(4-6-10)8-21-14-15-12(16-17-14)11-2-1-7-20-11/h1-7H,8H2,(H,18,19)(H,15,16,17). The lowest BCUT2D eigenvalue weighted by atomic mass is 10.1. The summed E-state index contributed by atoms with van der Waals surface area (Å²) in [5.41, 5.74) is 1.34. The first kappa shape index (κ1) is 13.8. The van der Waals surface area contributed by atoms with Crippen LogP contribution in [0.1, 0.15) is 15.9 Å². The number of rotatable bonds is 5. The highest BCUT2D eigenvalue weighted by Crippen LogP contribution is 2.25. The van der Waals surface area contributed by atoms with Gasteiger partial charge in [0.2, 0.25) is 0 Å². The Morgan fingerprint density at radius 3 is 2.71 bits per heavy atom. The van der Waals surface area contributed by atoms with E-state index >= 15 is 0 Å². The van der Waals surface area contributed by atoms with E-state index in [4.69, 9.17) is 5.11 Å². The molecule has 2 heterocycles. The highest BCUT2D eigenvalue weighted by Gasteiger charge is 2.07. The second-order valence-corrected chi connectivity index (χ2v) is 6.16. The zero-order valence-electron chi connectivity index (χ0n) is 10.8. The van der Waals surface area contributed by atoms with Crippen molar-refractivity contribution in [3.05, 3.63) is 52.9 Å². The summed E-state index contributed by atoms with van der Waals surface area (Å²) in [4.78, 5) is 15.0. The number of aromatic nitrogens is 3. The van der Waals surface area contributed by atoms with E-state index in [1.807, 2.05) is 29.6 Å². The van der Waals surface area contributed by atoms with Gasteiger partial charge in [0.1, 0.15) is 0 Å². The molecule has 0 saturated heterocycles. The molecule has 0 unspecified atom stereocenters. The monoisotopic (exact) mass is 317 g/mol. The van der Waals surface area contributed by atoms with Crippen LogP contribution < -0.4 is 0 Å². The summed E-state index contributed by atoms with van der Waals surface area (Å²) in [5.74, 6) is 0.567. The van der Waals surface area contributed by atoms with Gasteiger partial charge < -0.3 is 10.1 Å². The van der Waals surface area contributed by atoms with Crippen LogP contribution in [0, 0.1) is 0 Å². The smallest absolute Gasteiger partial charge is 0.335 e. The highest BCUT2D eigenvalue weighted by molar-refractivity contribution is 7.98. The average Bonchev–Trinajstić information content (AvgIpc) is 3.16. The fourth-order valence-corrected chi connectivity index (χ4v) is 3.16. The molecule has 0 spiro atoms. The number of H-pyrrole nitrogens is 1. The van der Waals surface area contributed by atoms with Crippen LogP contribution in [-0.2, 0) is 5.75 Å². The van der Waals surface area contributed by atoms with Gasteiger partial charge in [0.05, 0.1) is 10.4 Å². The number of carboxylic acid groups (broad SMARTS) is 1. The summed E-state index contributed by atoms with van der Waals surface area (Å²) in [6.45, 7) is 0. The molecular formula is C14H11N3O2S2. The first-order chi connectivity index (χ1) is 10.2. The number of aromatic amines is 1. The molecule has 0 fully saturated rings. The van der Waals surface area contributed by atoms with Crippen molar-refractivity contribution < 1.29 is 9.90 Å². The van der Waals surface area contributed by atoms with E-state index in [1.165, 1.54) is 11.8 Å². The first-order valence-electron chi connectivity index (χ1n) is 6.14. The minimum Gasteiger partial charge on any atom is -0.478 e. The largest absolute Gasteiger partial charge is 0.478 e. The van der Waals surface area contributed by atoms with Crippen molar-refractivity contribution in [3.8, 4) is 10.7 Å². The third-order valence-electron chi connectivity index (χ3n) is 2.80. The number of thiophene rings is 1. The van der Waals surface area contributed by atoms with Gasteiger partial charge in [-0.2, -0.15) is 0 Å². The van der Waals surface area contributed by atoms with Gasteiger partial charge in [-0.05, 0) is 29.1 Å². The number of hydrogen-bond acceptors (Lipinski definition) is 5. The van der Waals surface area contributed by atoms with Crippen molar-refractivity contribution in [1.29, 1.82) is 0 Å². The lowest BCUT2D eigenvalue weighted by molar-refractivity contribution is 0.0697. The fraction of sp³-hybridized carbons (Fsp3) is 0.0714. The molecule has 2 N–H and O–H groups in total. The van der Waals surface area contributed by atoms with Gasteiger partial charge in [-0.25, -0.2) is 4.79 Å². The maximum atomic E-state index is 10.8. The maximum Gasteiger partial charge on any atom is 0.335 e. The quantitative estimate of drug-likeness (QED) is 0.704. The molecule has 3 aromatic rings. The zero-order valence-corrected chi connectivity index (χ0v) is 12.4. The molecule has 0 aliphatic rings. The molecule has 0 aliphatic heterocycles. The van der Waals surface area contributed by atoms with E-state index in [2.05, 4.69) is 15.2 Å². The molecule has 2 aromatic heterocycles. The van der Waals surface area contributed by atoms with Crippen LogP contribution in [0.5, 0.6) is 0 Å².